The largest absolute Gasteiger partial charge is 0.478 e. The van der Waals surface area contributed by atoms with Gasteiger partial charge in [0.15, 0.2) is 0 Å². The number of hydrogen-bond acceptors (Lipinski definition) is 18. The van der Waals surface area contributed by atoms with Crippen LogP contribution in [0.25, 0.3) is 0 Å². The maximum Gasteiger partial charge on any atom is 0.327 e. The molecule has 0 spiro atoms. The Bertz CT molecular complexity index is 1680. The van der Waals surface area contributed by atoms with Crippen molar-refractivity contribution >= 4 is 107 Å². The Kier molecular flexibility index (Phi) is 172. The second-order valence-electron chi connectivity index (χ2n) is 9.76. The third kappa shape index (κ3) is 824. The summed E-state index contributed by atoms with van der Waals surface area (Å²) >= 11 is 0. The van der Waals surface area contributed by atoms with Gasteiger partial charge in [0.05, 0.1) is 0 Å². The van der Waals surface area contributed by atoms with Crippen molar-refractivity contribution < 1.29 is 178 Å². The first-order chi connectivity index (χ1) is 40.9. The van der Waals surface area contributed by atoms with Gasteiger partial charge in [-0.05, 0) is 0 Å². The molecule has 0 heterocycles. The molecule has 0 aliphatic heterocycles. The third-order valence-corrected chi connectivity index (χ3v) is 3.14. The number of carboxylic acids is 18. The maximum absolute atomic E-state index is 9.25. The van der Waals surface area contributed by atoms with Crippen LogP contribution in [-0.4, -0.2) is 199 Å². The van der Waals surface area contributed by atoms with Crippen molar-refractivity contribution in [2.45, 2.75) is 0 Å². The monoisotopic (exact) mass is 1300 g/mol. The molecule has 0 fully saturated rings. The topological polar surface area (TPSA) is 671 Å². The van der Waals surface area contributed by atoms with E-state index in [1.165, 1.54) is 0 Å². The van der Waals surface area contributed by atoms with Crippen molar-refractivity contribution in [2.24, 2.45) is 0 Å². The lowest BCUT2D eigenvalue weighted by Gasteiger charge is -1.64. The first-order valence-corrected chi connectivity index (χ1v) is 20.2. The minimum Gasteiger partial charge on any atom is -0.478 e. The average Bonchev–Trinajstić information content (AvgIpc) is 3.49. The molecule has 36 heteroatoms. The number of rotatable bonds is 18. The Hall–Kier alpha value is -14.2. The van der Waals surface area contributed by atoms with Gasteiger partial charge in [-0.15, -0.1) is 0 Å². The summed E-state index contributed by atoms with van der Waals surface area (Å²) in [7, 11) is 0. The van der Waals surface area contributed by atoms with Gasteiger partial charge < -0.3 is 91.9 Å². The summed E-state index contributed by atoms with van der Waals surface area (Å²) in [6.07, 6.45) is 15.0. The van der Waals surface area contributed by atoms with Crippen LogP contribution in [0.15, 0.2) is 228 Å². The molecule has 504 valence electrons. The summed E-state index contributed by atoms with van der Waals surface area (Å²) in [5.74, 6) is -17.7. The third-order valence-electron chi connectivity index (χ3n) is 3.14. The fourth-order valence-electron chi connectivity index (χ4n) is 0. The van der Waals surface area contributed by atoms with E-state index in [1.54, 1.807) is 0 Å². The van der Waals surface area contributed by atoms with Gasteiger partial charge in [-0.25, -0.2) is 86.3 Å². The van der Waals surface area contributed by atoms with Crippen LogP contribution in [0, 0.1) is 0 Å². The van der Waals surface area contributed by atoms with E-state index in [0.29, 0.717) is 0 Å². The Morgan fingerprint density at radius 3 is 0.122 bits per heavy atom. The van der Waals surface area contributed by atoms with E-state index in [1.807, 2.05) is 0 Å². The highest BCUT2D eigenvalue weighted by Gasteiger charge is 1.80. The second-order valence-corrected chi connectivity index (χ2v) is 9.76. The van der Waals surface area contributed by atoms with Gasteiger partial charge in [-0.1, -0.05) is 118 Å². The highest BCUT2D eigenvalue weighted by atomic mass is 16.4. The lowest BCUT2D eigenvalue weighted by Crippen LogP contribution is -1.82. The Morgan fingerprint density at radius 2 is 0.122 bits per heavy atom. The molecule has 0 atom stereocenters. The summed E-state index contributed by atoms with van der Waals surface area (Å²) in [5, 5.41) is 137. The van der Waals surface area contributed by atoms with Gasteiger partial charge in [-0.3, -0.25) is 0 Å². The van der Waals surface area contributed by atoms with Crippen LogP contribution in [0.4, 0.5) is 0 Å². The summed E-state index contributed by atoms with van der Waals surface area (Å²) in [5.41, 5.74) is 0. The molecule has 0 aliphatic carbocycles. The van der Waals surface area contributed by atoms with Crippen molar-refractivity contribution in [1.82, 2.24) is 0 Å². The molecule has 18 N–H and O–H groups in total. The Labute approximate surface area is 512 Å². The van der Waals surface area contributed by atoms with E-state index in [-0.39, 0.29) is 0 Å². The molecule has 0 unspecified atom stereocenters. The van der Waals surface area contributed by atoms with Crippen LogP contribution in [-0.2, 0) is 86.3 Å². The molecule has 0 radical (unpaired) electrons. The predicted molar refractivity (Wildman–Crippen MR) is 321 cm³/mol. The van der Waals surface area contributed by atoms with Gasteiger partial charge in [0.2, 0.25) is 0 Å². The van der Waals surface area contributed by atoms with E-state index in [4.69, 9.17) is 91.9 Å². The van der Waals surface area contributed by atoms with Crippen LogP contribution in [0.3, 0.4) is 0 Å². The molecule has 0 aromatic rings. The molecule has 0 bridgehead atoms. The Morgan fingerprint density at radius 1 is 0.111 bits per heavy atom. The molecule has 90 heavy (non-hydrogen) atoms. The van der Waals surface area contributed by atoms with Gasteiger partial charge in [0.25, 0.3) is 0 Å². The molecule has 0 aromatic heterocycles. The molecular formula is C54H72O36. The summed E-state index contributed by atoms with van der Waals surface area (Å²) < 4.78 is 0. The number of carboxylic acid groups (broad SMARTS) is 18. The van der Waals surface area contributed by atoms with E-state index in [9.17, 15) is 86.3 Å². The van der Waals surface area contributed by atoms with Crippen LogP contribution in [0.2, 0.25) is 0 Å². The SMILES string of the molecule is C=CC(=O)O.C=CC(=O)O.C=CC(=O)O.C=CC(=O)O.C=CC(=O)O.C=CC(=O)O.C=CC(=O)O.C=CC(=O)O.C=CC(=O)O.C=CC(=O)O.C=CC(=O)O.C=CC(=O)O.C=CC(=O)O.C=CC(=O)O.C=CC(=O)O.C=CC(=O)O.C=CC(=O)O.C=CC(=O)O. The zero-order chi connectivity index (χ0) is 77.1. The molecule has 0 aromatic carbocycles. The fourth-order valence-corrected chi connectivity index (χ4v) is 0. The van der Waals surface area contributed by atoms with Crippen LogP contribution in [0.5, 0.6) is 0 Å². The minimum atomic E-state index is -0.981. The lowest BCUT2D eigenvalue weighted by atomic mass is 10.7. The number of aliphatic carboxylic acids is 18. The molecule has 0 saturated heterocycles. The molecule has 36 nitrogen and oxygen atoms in total. The smallest absolute Gasteiger partial charge is 0.327 e. The number of hydrogen-bond donors (Lipinski definition) is 18. The zero-order valence-corrected chi connectivity index (χ0v) is 47.5. The van der Waals surface area contributed by atoms with Crippen LogP contribution < -0.4 is 0 Å². The first-order valence-electron chi connectivity index (χ1n) is 20.2. The molecular weight excluding hydrogens is 1220 g/mol. The highest BCUT2D eigenvalue weighted by Crippen LogP contribution is 1.62. The van der Waals surface area contributed by atoms with Crippen LogP contribution in [0.1, 0.15) is 0 Å². The van der Waals surface area contributed by atoms with Gasteiger partial charge in [0, 0.05) is 109 Å². The zero-order valence-electron chi connectivity index (χ0n) is 47.5. The number of carbonyl (C=O) groups is 18. The normalized spacial score (nSPS) is 6.40. The molecule has 0 amide bonds. The molecule has 0 saturated carbocycles. The van der Waals surface area contributed by atoms with Crippen molar-refractivity contribution in [3.8, 4) is 0 Å². The standard InChI is InChI=1S/18C3H4O2/c18*1-2-3(4)5/h18*2H,1H2,(H,4,5). The van der Waals surface area contributed by atoms with Crippen molar-refractivity contribution in [3.63, 3.8) is 0 Å². The summed E-state index contributed by atoms with van der Waals surface area (Å²) in [4.78, 5) is 166. The maximum atomic E-state index is 9.25. The highest BCUT2D eigenvalue weighted by molar-refractivity contribution is 5.83. The van der Waals surface area contributed by atoms with Gasteiger partial charge in [0.1, 0.15) is 0 Å². The van der Waals surface area contributed by atoms with Crippen molar-refractivity contribution in [1.29, 1.82) is 0 Å². The average molecular weight is 1300 g/mol. The Balaban J connectivity index is -0.0000000381. The predicted octanol–water partition coefficient (Wildman–Crippen LogP) is 4.63. The van der Waals surface area contributed by atoms with E-state index >= 15 is 0 Å². The van der Waals surface area contributed by atoms with E-state index in [0.717, 1.165) is 109 Å². The first kappa shape index (κ1) is 127. The fraction of sp³-hybridized carbons (Fsp3) is 0. The van der Waals surface area contributed by atoms with Crippen molar-refractivity contribution in [2.75, 3.05) is 0 Å². The molecule has 0 aliphatic rings. The minimum absolute atomic E-state index is 0.833. The molecule has 0 rings (SSSR count). The second kappa shape index (κ2) is 122. The van der Waals surface area contributed by atoms with Crippen molar-refractivity contribution in [3.05, 3.63) is 228 Å². The van der Waals surface area contributed by atoms with Gasteiger partial charge in [-0.2, -0.15) is 0 Å². The quantitative estimate of drug-likeness (QED) is 0.0832. The van der Waals surface area contributed by atoms with Crippen LogP contribution >= 0.6 is 0 Å². The van der Waals surface area contributed by atoms with E-state index < -0.39 is 107 Å². The summed E-state index contributed by atoms with van der Waals surface area (Å²) in [6.45, 7) is 53.3. The lowest BCUT2D eigenvalue weighted by molar-refractivity contribution is -0.132. The summed E-state index contributed by atoms with van der Waals surface area (Å²) in [6, 6.07) is 0. The van der Waals surface area contributed by atoms with Gasteiger partial charge >= 0.3 is 107 Å². The van der Waals surface area contributed by atoms with E-state index in [2.05, 4.69) is 118 Å².